The van der Waals surface area contributed by atoms with Gasteiger partial charge in [-0.3, -0.25) is 4.79 Å². The Morgan fingerprint density at radius 1 is 1.25 bits per heavy atom. The van der Waals surface area contributed by atoms with E-state index < -0.39 is 5.75 Å². The predicted octanol–water partition coefficient (Wildman–Crippen LogP) is 4.30. The molecule has 0 atom stereocenters. The van der Waals surface area contributed by atoms with Crippen LogP contribution in [0.5, 0.6) is 17.2 Å². The smallest absolute Gasteiger partial charge is 0.170 e. The van der Waals surface area contributed by atoms with Crippen molar-refractivity contribution in [3.63, 3.8) is 0 Å². The van der Waals surface area contributed by atoms with Crippen LogP contribution in [-0.4, -0.2) is 23.1 Å². The molecule has 0 amide bonds. The third-order valence-electron chi connectivity index (χ3n) is 3.19. The number of ketones is 1. The Labute approximate surface area is 124 Å². The maximum atomic E-state index is 12.1. The Bertz CT molecular complexity index is 471. The van der Waals surface area contributed by atoms with Gasteiger partial charge in [-0.25, -0.2) is 0 Å². The molecule has 0 radical (unpaired) electrons. The molecule has 20 heavy (non-hydrogen) atoms. The number of carbonyl (C=O) groups is 1. The second kappa shape index (κ2) is 8.00. The average molecular weight is 301 g/mol. The van der Waals surface area contributed by atoms with Gasteiger partial charge in [0.25, 0.3) is 0 Å². The summed E-state index contributed by atoms with van der Waals surface area (Å²) >= 11 is 5.88. The molecular formula is C15H21ClO4. The first-order valence-electron chi connectivity index (χ1n) is 6.84. The summed E-state index contributed by atoms with van der Waals surface area (Å²) in [5, 5.41) is 19.7. The fourth-order valence-electron chi connectivity index (χ4n) is 2.05. The van der Waals surface area contributed by atoms with E-state index in [1.807, 2.05) is 0 Å². The zero-order chi connectivity index (χ0) is 15.1. The number of hydrogen-bond acceptors (Lipinski definition) is 4. The second-order valence-corrected chi connectivity index (χ2v) is 5.10. The van der Waals surface area contributed by atoms with Gasteiger partial charge in [-0.1, -0.05) is 44.2 Å². The van der Waals surface area contributed by atoms with Crippen LogP contribution < -0.4 is 4.74 Å². The molecule has 0 unspecified atom stereocenters. The quantitative estimate of drug-likeness (QED) is 0.555. The molecule has 0 saturated heterocycles. The first kappa shape index (κ1) is 16.6. The number of phenols is 2. The largest absolute Gasteiger partial charge is 0.507 e. The van der Waals surface area contributed by atoms with Gasteiger partial charge in [0.1, 0.15) is 22.1 Å². The van der Waals surface area contributed by atoms with E-state index in [9.17, 15) is 15.0 Å². The van der Waals surface area contributed by atoms with Crippen LogP contribution in [0.4, 0.5) is 0 Å². The van der Waals surface area contributed by atoms with E-state index in [1.165, 1.54) is 13.2 Å². The fourth-order valence-corrected chi connectivity index (χ4v) is 2.27. The number of rotatable bonds is 8. The molecule has 5 heteroatoms. The van der Waals surface area contributed by atoms with E-state index in [-0.39, 0.29) is 34.3 Å². The molecule has 0 heterocycles. The molecule has 0 saturated carbocycles. The predicted molar refractivity (Wildman–Crippen MR) is 79.0 cm³/mol. The normalized spacial score (nSPS) is 10.6. The maximum Gasteiger partial charge on any atom is 0.170 e. The Kier molecular flexibility index (Phi) is 6.65. The summed E-state index contributed by atoms with van der Waals surface area (Å²) in [6.07, 6.45) is 5.37. The Morgan fingerprint density at radius 3 is 2.50 bits per heavy atom. The molecule has 0 aliphatic carbocycles. The summed E-state index contributed by atoms with van der Waals surface area (Å²) < 4.78 is 4.90. The summed E-state index contributed by atoms with van der Waals surface area (Å²) in [4.78, 5) is 12.1. The number of benzene rings is 1. The number of hydrogen-bond donors (Lipinski definition) is 2. The monoisotopic (exact) mass is 300 g/mol. The molecule has 1 rings (SSSR count). The minimum Gasteiger partial charge on any atom is -0.507 e. The Morgan fingerprint density at radius 2 is 1.90 bits per heavy atom. The van der Waals surface area contributed by atoms with E-state index in [0.717, 1.165) is 32.1 Å². The fraction of sp³-hybridized carbons (Fsp3) is 0.533. The van der Waals surface area contributed by atoms with Crippen LogP contribution in [-0.2, 0) is 0 Å². The molecule has 2 N–H and O–H groups in total. The lowest BCUT2D eigenvalue weighted by atomic mass is 10.0. The van der Waals surface area contributed by atoms with Crippen molar-refractivity contribution < 1.29 is 19.7 Å². The number of unbranched alkanes of at least 4 members (excludes halogenated alkanes) is 4. The van der Waals surface area contributed by atoms with Gasteiger partial charge in [-0.05, 0) is 6.42 Å². The number of aromatic hydroxyl groups is 2. The van der Waals surface area contributed by atoms with E-state index in [4.69, 9.17) is 16.3 Å². The Balaban J connectivity index is 2.76. The highest BCUT2D eigenvalue weighted by molar-refractivity contribution is 6.34. The van der Waals surface area contributed by atoms with Crippen molar-refractivity contribution in [2.75, 3.05) is 7.11 Å². The van der Waals surface area contributed by atoms with Gasteiger partial charge in [-0.15, -0.1) is 0 Å². The minimum atomic E-state index is -0.415. The van der Waals surface area contributed by atoms with E-state index in [0.29, 0.717) is 0 Å². The van der Waals surface area contributed by atoms with Crippen molar-refractivity contribution in [3.8, 4) is 17.2 Å². The zero-order valence-electron chi connectivity index (χ0n) is 11.9. The summed E-state index contributed by atoms with van der Waals surface area (Å²) in [5.41, 5.74) is -0.119. The van der Waals surface area contributed by atoms with E-state index in [2.05, 4.69) is 6.92 Å². The molecule has 0 aliphatic heterocycles. The molecule has 0 spiro atoms. The van der Waals surface area contributed by atoms with Crippen LogP contribution in [0.2, 0.25) is 5.02 Å². The van der Waals surface area contributed by atoms with Crippen molar-refractivity contribution >= 4 is 17.4 Å². The highest BCUT2D eigenvalue weighted by Gasteiger charge is 2.21. The number of Topliss-reactive ketones (excluding diaryl/α,β-unsaturated/α-hetero) is 1. The highest BCUT2D eigenvalue weighted by Crippen LogP contribution is 2.42. The lowest BCUT2D eigenvalue weighted by Gasteiger charge is -2.11. The molecule has 4 nitrogen and oxygen atoms in total. The van der Waals surface area contributed by atoms with Crippen LogP contribution in [0.3, 0.4) is 0 Å². The summed E-state index contributed by atoms with van der Waals surface area (Å²) in [5.74, 6) is -0.883. The summed E-state index contributed by atoms with van der Waals surface area (Å²) in [6, 6.07) is 1.24. The first-order valence-corrected chi connectivity index (χ1v) is 7.22. The SMILES string of the molecule is CCCCCCCC(=O)c1c(O)cc(OC)c(Cl)c1O. The van der Waals surface area contributed by atoms with Crippen molar-refractivity contribution in [2.24, 2.45) is 0 Å². The van der Waals surface area contributed by atoms with Crippen LogP contribution >= 0.6 is 11.6 Å². The van der Waals surface area contributed by atoms with Gasteiger partial charge in [0.05, 0.1) is 7.11 Å². The third kappa shape index (κ3) is 4.04. The summed E-state index contributed by atoms with van der Waals surface area (Å²) in [7, 11) is 1.37. The van der Waals surface area contributed by atoms with Crippen LogP contribution in [0.25, 0.3) is 0 Å². The summed E-state index contributed by atoms with van der Waals surface area (Å²) in [6.45, 7) is 2.13. The molecule has 1 aromatic carbocycles. The third-order valence-corrected chi connectivity index (χ3v) is 3.56. The number of phenolic OH excluding ortho intramolecular Hbond substituents is 2. The highest BCUT2D eigenvalue weighted by atomic mass is 35.5. The van der Waals surface area contributed by atoms with E-state index in [1.54, 1.807) is 0 Å². The number of carbonyl (C=O) groups excluding carboxylic acids is 1. The molecule has 112 valence electrons. The van der Waals surface area contributed by atoms with Gasteiger partial charge in [0, 0.05) is 12.5 Å². The van der Waals surface area contributed by atoms with Gasteiger partial charge in [0.15, 0.2) is 11.5 Å². The van der Waals surface area contributed by atoms with Gasteiger partial charge in [-0.2, -0.15) is 0 Å². The lowest BCUT2D eigenvalue weighted by molar-refractivity contribution is 0.0973. The van der Waals surface area contributed by atoms with Crippen LogP contribution in [0.15, 0.2) is 6.07 Å². The lowest BCUT2D eigenvalue weighted by Crippen LogP contribution is -2.01. The molecule has 0 bridgehead atoms. The van der Waals surface area contributed by atoms with Crippen molar-refractivity contribution in [3.05, 3.63) is 16.7 Å². The molecule has 0 fully saturated rings. The molecule has 0 aliphatic rings. The molecule has 0 aromatic heterocycles. The maximum absolute atomic E-state index is 12.1. The first-order chi connectivity index (χ1) is 9.52. The molecule has 1 aromatic rings. The molecular weight excluding hydrogens is 280 g/mol. The van der Waals surface area contributed by atoms with Crippen molar-refractivity contribution in [1.82, 2.24) is 0 Å². The Hall–Kier alpha value is -1.42. The van der Waals surface area contributed by atoms with Gasteiger partial charge in [0.2, 0.25) is 0 Å². The second-order valence-electron chi connectivity index (χ2n) is 4.72. The van der Waals surface area contributed by atoms with Crippen LogP contribution in [0.1, 0.15) is 55.8 Å². The standard InChI is InChI=1S/C15H21ClO4/c1-3-4-5-6-7-8-10(17)13-11(18)9-12(20-2)14(16)15(13)19/h9,18-19H,3-8H2,1-2H3. The topological polar surface area (TPSA) is 66.8 Å². The number of methoxy groups -OCH3 is 1. The van der Waals surface area contributed by atoms with E-state index >= 15 is 0 Å². The number of ether oxygens (including phenoxy) is 1. The van der Waals surface area contributed by atoms with Crippen LogP contribution in [0, 0.1) is 0 Å². The number of halogens is 1. The zero-order valence-corrected chi connectivity index (χ0v) is 12.7. The minimum absolute atomic E-state index is 0.0559. The average Bonchev–Trinajstić information content (AvgIpc) is 2.42. The van der Waals surface area contributed by atoms with Crippen molar-refractivity contribution in [1.29, 1.82) is 0 Å². The van der Waals surface area contributed by atoms with Gasteiger partial charge >= 0.3 is 0 Å². The van der Waals surface area contributed by atoms with Gasteiger partial charge < -0.3 is 14.9 Å². The van der Waals surface area contributed by atoms with Crippen molar-refractivity contribution in [2.45, 2.75) is 45.4 Å².